The average Bonchev–Trinajstić information content (AvgIpc) is 2.70. The van der Waals surface area contributed by atoms with E-state index >= 15 is 0 Å². The minimum absolute atomic E-state index is 0.348. The van der Waals surface area contributed by atoms with E-state index in [0.29, 0.717) is 28.4 Å². The van der Waals surface area contributed by atoms with Crippen LogP contribution < -0.4 is 5.73 Å². The summed E-state index contributed by atoms with van der Waals surface area (Å²) in [5, 5.41) is 8.25. The summed E-state index contributed by atoms with van der Waals surface area (Å²) in [5.74, 6) is 0.348. The number of hydrogen-bond acceptors (Lipinski definition) is 5. The van der Waals surface area contributed by atoms with E-state index in [-0.39, 0.29) is 0 Å². The maximum absolute atomic E-state index is 5.70. The molecule has 0 aliphatic carbocycles. The van der Waals surface area contributed by atoms with E-state index < -0.39 is 0 Å². The van der Waals surface area contributed by atoms with Crippen molar-refractivity contribution in [1.29, 1.82) is 0 Å². The second-order valence-corrected chi connectivity index (χ2v) is 3.66. The van der Waals surface area contributed by atoms with Gasteiger partial charge >= 0.3 is 0 Å². The number of halogens is 1. The first-order valence-electron chi connectivity index (χ1n) is 4.39. The Morgan fingerprint density at radius 1 is 1.47 bits per heavy atom. The highest BCUT2D eigenvalue weighted by molar-refractivity contribution is 9.10. The first kappa shape index (κ1) is 10.0. The number of nitrogen functional groups attached to an aromatic ring is 1. The highest BCUT2D eigenvalue weighted by atomic mass is 79.9. The molecule has 2 heterocycles. The zero-order valence-electron chi connectivity index (χ0n) is 8.05. The third kappa shape index (κ3) is 1.96. The normalized spacial score (nSPS) is 10.5. The molecule has 0 bridgehead atoms. The van der Waals surface area contributed by atoms with Crippen molar-refractivity contribution < 1.29 is 0 Å². The minimum Gasteiger partial charge on any atom is -0.382 e. The molecule has 0 spiro atoms. The van der Waals surface area contributed by atoms with E-state index in [1.807, 2.05) is 6.92 Å². The highest BCUT2D eigenvalue weighted by Crippen LogP contribution is 2.20. The number of rotatable bonds is 2. The molecule has 15 heavy (non-hydrogen) atoms. The third-order valence-electron chi connectivity index (χ3n) is 1.83. The molecule has 0 unspecified atom stereocenters. The van der Waals surface area contributed by atoms with Crippen molar-refractivity contribution in [1.82, 2.24) is 25.0 Å². The monoisotopic (exact) mass is 268 g/mol. The van der Waals surface area contributed by atoms with Gasteiger partial charge in [-0.3, -0.25) is 0 Å². The molecule has 2 rings (SSSR count). The molecule has 0 amide bonds. The van der Waals surface area contributed by atoms with Gasteiger partial charge in [-0.15, -0.1) is 0 Å². The molecule has 0 atom stereocenters. The fraction of sp³-hybridized carbons (Fsp3) is 0.250. The van der Waals surface area contributed by atoms with Gasteiger partial charge < -0.3 is 5.73 Å². The molecule has 0 saturated carbocycles. The second kappa shape index (κ2) is 3.93. The third-order valence-corrected chi connectivity index (χ3v) is 2.22. The maximum atomic E-state index is 5.70. The lowest BCUT2D eigenvalue weighted by Gasteiger charge is -1.99. The van der Waals surface area contributed by atoms with E-state index in [9.17, 15) is 0 Å². The van der Waals surface area contributed by atoms with Gasteiger partial charge in [-0.25, -0.2) is 9.97 Å². The Hall–Kier alpha value is -1.50. The Morgan fingerprint density at radius 3 is 2.93 bits per heavy atom. The average molecular weight is 269 g/mol. The largest absolute Gasteiger partial charge is 0.382 e. The molecule has 0 aromatic carbocycles. The zero-order valence-corrected chi connectivity index (χ0v) is 9.64. The standard InChI is InChI=1S/C8H9BrN6/c1-2-15-12-3-5(14-15)7-8(10)11-4-6(9)13-7/h3-4H,2H2,1H3,(H2,10,11). The van der Waals surface area contributed by atoms with E-state index in [2.05, 4.69) is 36.1 Å². The number of aryl methyl sites for hydroxylation is 1. The summed E-state index contributed by atoms with van der Waals surface area (Å²) in [7, 11) is 0. The van der Waals surface area contributed by atoms with Crippen molar-refractivity contribution in [2.45, 2.75) is 13.5 Å². The van der Waals surface area contributed by atoms with Gasteiger partial charge in [0, 0.05) is 0 Å². The molecule has 0 fully saturated rings. The Balaban J connectivity index is 2.48. The zero-order chi connectivity index (χ0) is 10.8. The molecule has 2 aromatic rings. The number of hydrogen-bond donors (Lipinski definition) is 1. The Bertz CT molecular complexity index is 480. The summed E-state index contributed by atoms with van der Waals surface area (Å²) in [6, 6.07) is 0. The summed E-state index contributed by atoms with van der Waals surface area (Å²) in [4.78, 5) is 9.75. The van der Waals surface area contributed by atoms with Crippen LogP contribution in [0.4, 0.5) is 5.82 Å². The predicted octanol–water partition coefficient (Wildman–Crippen LogP) is 1.10. The van der Waals surface area contributed by atoms with Crippen LogP contribution in [0.3, 0.4) is 0 Å². The van der Waals surface area contributed by atoms with Gasteiger partial charge in [0.15, 0.2) is 5.82 Å². The minimum atomic E-state index is 0.348. The van der Waals surface area contributed by atoms with Crippen molar-refractivity contribution in [3.63, 3.8) is 0 Å². The van der Waals surface area contributed by atoms with Gasteiger partial charge in [0.1, 0.15) is 16.0 Å². The summed E-state index contributed by atoms with van der Waals surface area (Å²) < 4.78 is 0.623. The van der Waals surface area contributed by atoms with Crippen LogP contribution in [0.2, 0.25) is 0 Å². The number of anilines is 1. The maximum Gasteiger partial charge on any atom is 0.151 e. The van der Waals surface area contributed by atoms with Crippen LogP contribution in [-0.4, -0.2) is 25.0 Å². The number of nitrogens with two attached hydrogens (primary N) is 1. The van der Waals surface area contributed by atoms with Gasteiger partial charge in [0.25, 0.3) is 0 Å². The molecule has 7 heteroatoms. The number of aromatic nitrogens is 5. The second-order valence-electron chi connectivity index (χ2n) is 2.84. The summed E-state index contributed by atoms with van der Waals surface area (Å²) in [6.45, 7) is 2.67. The lowest BCUT2D eigenvalue weighted by Crippen LogP contribution is -2.00. The lowest BCUT2D eigenvalue weighted by atomic mass is 10.3. The van der Waals surface area contributed by atoms with Crippen molar-refractivity contribution in [2.24, 2.45) is 0 Å². The van der Waals surface area contributed by atoms with Crippen LogP contribution in [0.15, 0.2) is 17.0 Å². The molecule has 0 aliphatic heterocycles. The van der Waals surface area contributed by atoms with Crippen molar-refractivity contribution in [3.05, 3.63) is 17.0 Å². The van der Waals surface area contributed by atoms with E-state index in [1.54, 1.807) is 17.2 Å². The number of nitrogens with zero attached hydrogens (tertiary/aromatic N) is 5. The van der Waals surface area contributed by atoms with E-state index in [4.69, 9.17) is 5.73 Å². The van der Waals surface area contributed by atoms with Crippen molar-refractivity contribution >= 4 is 21.7 Å². The topological polar surface area (TPSA) is 82.5 Å². The van der Waals surface area contributed by atoms with E-state index in [0.717, 1.165) is 0 Å². The quantitative estimate of drug-likeness (QED) is 0.882. The molecule has 0 saturated heterocycles. The summed E-state index contributed by atoms with van der Waals surface area (Å²) in [6.07, 6.45) is 3.17. The molecule has 0 aliphatic rings. The van der Waals surface area contributed by atoms with Crippen LogP contribution in [0.25, 0.3) is 11.4 Å². The molecule has 2 N–H and O–H groups in total. The van der Waals surface area contributed by atoms with E-state index in [1.165, 1.54) is 0 Å². The van der Waals surface area contributed by atoms with Gasteiger partial charge in [0.2, 0.25) is 0 Å². The van der Waals surface area contributed by atoms with Crippen LogP contribution in [0.5, 0.6) is 0 Å². The predicted molar refractivity (Wildman–Crippen MR) is 58.8 cm³/mol. The van der Waals surface area contributed by atoms with Gasteiger partial charge in [0.05, 0.1) is 18.9 Å². The smallest absolute Gasteiger partial charge is 0.151 e. The van der Waals surface area contributed by atoms with Crippen LogP contribution in [0, 0.1) is 0 Å². The van der Waals surface area contributed by atoms with Crippen molar-refractivity contribution in [2.75, 3.05) is 5.73 Å². The fourth-order valence-corrected chi connectivity index (χ4v) is 1.40. The van der Waals surface area contributed by atoms with Gasteiger partial charge in [-0.2, -0.15) is 15.0 Å². The lowest BCUT2D eigenvalue weighted by molar-refractivity contribution is 0.570. The van der Waals surface area contributed by atoms with Crippen LogP contribution in [0.1, 0.15) is 6.92 Å². The molecule has 6 nitrogen and oxygen atoms in total. The van der Waals surface area contributed by atoms with Gasteiger partial charge in [-0.05, 0) is 22.9 Å². The molecule has 2 aromatic heterocycles. The first-order valence-corrected chi connectivity index (χ1v) is 5.18. The van der Waals surface area contributed by atoms with Gasteiger partial charge in [-0.1, -0.05) is 0 Å². The Labute approximate surface area is 94.7 Å². The Morgan fingerprint density at radius 2 is 2.27 bits per heavy atom. The molecule has 0 radical (unpaired) electrons. The molecule has 78 valence electrons. The summed E-state index contributed by atoms with van der Waals surface area (Å²) in [5.41, 5.74) is 6.87. The summed E-state index contributed by atoms with van der Waals surface area (Å²) >= 11 is 3.23. The van der Waals surface area contributed by atoms with Crippen LogP contribution >= 0.6 is 15.9 Å². The molecular formula is C8H9BrN6. The molecular weight excluding hydrogens is 260 g/mol. The van der Waals surface area contributed by atoms with Crippen LogP contribution in [-0.2, 0) is 6.54 Å². The fourth-order valence-electron chi connectivity index (χ4n) is 1.12. The SMILES string of the molecule is CCn1ncc(-c2nc(Br)cnc2N)n1. The van der Waals surface area contributed by atoms with Crippen molar-refractivity contribution in [3.8, 4) is 11.4 Å². The first-order chi connectivity index (χ1) is 7.20. The highest BCUT2D eigenvalue weighted by Gasteiger charge is 2.10. The Kier molecular flexibility index (Phi) is 2.63.